The van der Waals surface area contributed by atoms with Crippen LogP contribution in [0.15, 0.2) is 24.3 Å². The Bertz CT molecular complexity index is 1320. The molecular weight excluding hydrogens is 526 g/mol. The van der Waals surface area contributed by atoms with Gasteiger partial charge in [0.25, 0.3) is 5.91 Å². The zero-order valence-electron chi connectivity index (χ0n) is 25.9. The summed E-state index contributed by atoms with van der Waals surface area (Å²) in [6.45, 7) is 16.8. The molecular formula is C30H47N5O6. The van der Waals surface area contributed by atoms with Crippen molar-refractivity contribution in [1.29, 1.82) is 0 Å². The van der Waals surface area contributed by atoms with E-state index in [4.69, 9.17) is 14.5 Å². The molecule has 0 saturated heterocycles. The Balaban J connectivity index is 0.00000287. The minimum atomic E-state index is -1.17. The fourth-order valence-corrected chi connectivity index (χ4v) is 3.95. The fourth-order valence-electron chi connectivity index (χ4n) is 3.95. The lowest BCUT2D eigenvalue weighted by molar-refractivity contribution is -0.150. The van der Waals surface area contributed by atoms with Crippen LogP contribution in [-0.2, 0) is 32.2 Å². The number of carbonyl (C=O) groups excluding carboxylic acids is 2. The van der Waals surface area contributed by atoms with Crippen molar-refractivity contribution in [1.82, 2.24) is 19.9 Å². The number of pyridine rings is 1. The van der Waals surface area contributed by atoms with E-state index in [-0.39, 0.29) is 38.6 Å². The van der Waals surface area contributed by atoms with Gasteiger partial charge in [0.05, 0.1) is 35.4 Å². The van der Waals surface area contributed by atoms with Crippen molar-refractivity contribution < 1.29 is 29.3 Å². The molecule has 2 heterocycles. The first-order valence-electron chi connectivity index (χ1n) is 14.1. The highest BCUT2D eigenvalue weighted by Gasteiger charge is 2.31. The lowest BCUT2D eigenvalue weighted by atomic mass is 10.1. The first-order chi connectivity index (χ1) is 19.1. The van der Waals surface area contributed by atoms with E-state index in [1.807, 2.05) is 49.6 Å². The molecule has 1 aromatic carbocycles. The third-order valence-electron chi connectivity index (χ3n) is 5.87. The van der Waals surface area contributed by atoms with Crippen LogP contribution in [-0.4, -0.2) is 73.1 Å². The van der Waals surface area contributed by atoms with Crippen LogP contribution in [0.4, 0.5) is 5.82 Å². The number of fused-ring (bicyclic) bond motifs is 3. The number of hydrogen-bond donors (Lipinski definition) is 4. The van der Waals surface area contributed by atoms with Gasteiger partial charge in [0.2, 0.25) is 5.91 Å². The van der Waals surface area contributed by atoms with Gasteiger partial charge in [-0.05, 0) is 54.5 Å². The number of ether oxygens (including phenoxy) is 2. The number of amides is 2. The van der Waals surface area contributed by atoms with E-state index in [0.29, 0.717) is 29.3 Å². The van der Waals surface area contributed by atoms with Gasteiger partial charge in [-0.3, -0.25) is 9.59 Å². The van der Waals surface area contributed by atoms with E-state index in [1.54, 1.807) is 41.5 Å². The normalized spacial score (nSPS) is 12.3. The molecule has 11 nitrogen and oxygen atoms in total. The molecule has 41 heavy (non-hydrogen) atoms. The molecule has 3 rings (SSSR count). The summed E-state index contributed by atoms with van der Waals surface area (Å²) in [4.78, 5) is 34.9. The third-order valence-corrected chi connectivity index (χ3v) is 5.87. The Hall–Kier alpha value is -3.12. The average molecular weight is 574 g/mol. The summed E-state index contributed by atoms with van der Waals surface area (Å²) in [6, 6.07) is 7.55. The van der Waals surface area contributed by atoms with Gasteiger partial charge in [-0.2, -0.15) is 0 Å². The van der Waals surface area contributed by atoms with E-state index in [9.17, 15) is 19.8 Å². The number of nitrogens with zero attached hydrogens (tertiary/aromatic N) is 3. The van der Waals surface area contributed by atoms with Crippen LogP contribution >= 0.6 is 0 Å². The Morgan fingerprint density at radius 3 is 2.27 bits per heavy atom. The standard InChI is InChI=1S/C28H41N5O6.C2H6/c1-8-38-15-20-31-22-23(33(20)16-26(2,3)36)18-11-9-10-12-19(18)30-24(22)32-21(34)13-14-29-25(35)28(6,7)39-17-27(4,5)37;1-2/h9-12,36-37H,8,13-17H2,1-7H3,(H,29,35)(H,30,32,34);1-2H3. The largest absolute Gasteiger partial charge is 0.389 e. The minimum absolute atomic E-state index is 0.000500. The van der Waals surface area contributed by atoms with Gasteiger partial charge in [0.1, 0.15) is 23.5 Å². The van der Waals surface area contributed by atoms with E-state index in [1.165, 1.54) is 0 Å². The molecule has 228 valence electrons. The molecule has 2 amide bonds. The van der Waals surface area contributed by atoms with Crippen molar-refractivity contribution in [3.05, 3.63) is 30.1 Å². The Labute approximate surface area is 242 Å². The van der Waals surface area contributed by atoms with Crippen LogP contribution in [0.1, 0.15) is 74.6 Å². The number of para-hydroxylation sites is 1. The zero-order valence-corrected chi connectivity index (χ0v) is 25.9. The molecule has 0 unspecified atom stereocenters. The van der Waals surface area contributed by atoms with Gasteiger partial charge < -0.3 is 34.9 Å². The van der Waals surface area contributed by atoms with Crippen LogP contribution < -0.4 is 10.6 Å². The minimum Gasteiger partial charge on any atom is -0.389 e. The maximum Gasteiger partial charge on any atom is 0.251 e. The van der Waals surface area contributed by atoms with Gasteiger partial charge in [-0.1, -0.05) is 32.0 Å². The summed E-state index contributed by atoms with van der Waals surface area (Å²) >= 11 is 0. The van der Waals surface area contributed by atoms with Crippen LogP contribution in [0.2, 0.25) is 0 Å². The van der Waals surface area contributed by atoms with Crippen molar-refractivity contribution in [2.24, 2.45) is 0 Å². The van der Waals surface area contributed by atoms with Crippen molar-refractivity contribution in [2.75, 3.05) is 25.1 Å². The molecule has 0 radical (unpaired) electrons. The fraction of sp³-hybridized carbons (Fsp3) is 0.600. The van der Waals surface area contributed by atoms with Crippen LogP contribution in [0.3, 0.4) is 0 Å². The van der Waals surface area contributed by atoms with E-state index < -0.39 is 22.7 Å². The number of anilines is 1. The lowest BCUT2D eigenvalue weighted by Crippen LogP contribution is -2.47. The maximum atomic E-state index is 12.9. The second kappa shape index (κ2) is 14.2. The second-order valence-electron chi connectivity index (χ2n) is 11.4. The Kier molecular flexibility index (Phi) is 11.8. The number of nitrogens with one attached hydrogen (secondary N) is 2. The average Bonchev–Trinajstić information content (AvgIpc) is 3.24. The highest BCUT2D eigenvalue weighted by atomic mass is 16.5. The molecule has 0 saturated carbocycles. The van der Waals surface area contributed by atoms with Crippen LogP contribution in [0.5, 0.6) is 0 Å². The molecule has 0 spiro atoms. The monoisotopic (exact) mass is 573 g/mol. The molecule has 11 heteroatoms. The van der Waals surface area contributed by atoms with Gasteiger partial charge >= 0.3 is 0 Å². The molecule has 2 aromatic heterocycles. The highest BCUT2D eigenvalue weighted by Crippen LogP contribution is 2.31. The SMILES string of the molecule is CC.CCOCc1nc2c(NC(=O)CCNC(=O)C(C)(C)OCC(C)(C)O)nc3ccccc3c2n1CC(C)(C)O. The topological polar surface area (TPSA) is 148 Å². The number of aliphatic hydroxyl groups is 2. The number of benzene rings is 1. The highest BCUT2D eigenvalue weighted by molar-refractivity contribution is 6.09. The Morgan fingerprint density at radius 2 is 1.66 bits per heavy atom. The van der Waals surface area contributed by atoms with E-state index >= 15 is 0 Å². The Morgan fingerprint density at radius 1 is 1.00 bits per heavy atom. The summed E-state index contributed by atoms with van der Waals surface area (Å²) < 4.78 is 13.1. The van der Waals surface area contributed by atoms with Crippen molar-refractivity contribution >= 4 is 39.6 Å². The molecule has 4 N–H and O–H groups in total. The number of hydrogen-bond acceptors (Lipinski definition) is 8. The molecule has 0 aliphatic rings. The van der Waals surface area contributed by atoms with Crippen LogP contribution in [0.25, 0.3) is 21.9 Å². The summed E-state index contributed by atoms with van der Waals surface area (Å²) in [5.41, 5.74) is -1.37. The summed E-state index contributed by atoms with van der Waals surface area (Å²) in [5, 5.41) is 26.9. The first kappa shape index (κ1) is 34.1. The molecule has 0 fully saturated rings. The summed E-state index contributed by atoms with van der Waals surface area (Å²) in [5.74, 6) is 0.166. The predicted molar refractivity (Wildman–Crippen MR) is 161 cm³/mol. The van der Waals surface area contributed by atoms with Gasteiger partial charge in [0, 0.05) is 25.0 Å². The van der Waals surface area contributed by atoms with Crippen LogP contribution in [0, 0.1) is 0 Å². The predicted octanol–water partition coefficient (Wildman–Crippen LogP) is 3.93. The van der Waals surface area contributed by atoms with Crippen molar-refractivity contribution in [2.45, 2.75) is 98.7 Å². The van der Waals surface area contributed by atoms with E-state index in [2.05, 4.69) is 15.6 Å². The van der Waals surface area contributed by atoms with Gasteiger partial charge in [0.15, 0.2) is 5.82 Å². The molecule has 0 aliphatic heterocycles. The quantitative estimate of drug-likeness (QED) is 0.240. The lowest BCUT2D eigenvalue weighted by Gasteiger charge is -2.28. The zero-order chi connectivity index (χ0) is 31.0. The number of carbonyl (C=O) groups is 2. The smallest absolute Gasteiger partial charge is 0.251 e. The number of aromatic nitrogens is 3. The molecule has 0 atom stereocenters. The van der Waals surface area contributed by atoms with Gasteiger partial charge in [-0.25, -0.2) is 9.97 Å². The summed E-state index contributed by atoms with van der Waals surface area (Å²) in [7, 11) is 0. The summed E-state index contributed by atoms with van der Waals surface area (Å²) in [6.07, 6.45) is -0.000500. The molecule has 3 aromatic rings. The van der Waals surface area contributed by atoms with Crippen molar-refractivity contribution in [3.8, 4) is 0 Å². The van der Waals surface area contributed by atoms with Crippen molar-refractivity contribution in [3.63, 3.8) is 0 Å². The number of rotatable bonds is 13. The first-order valence-corrected chi connectivity index (χ1v) is 14.1. The second-order valence-corrected chi connectivity index (χ2v) is 11.4. The number of imidazole rings is 1. The molecule has 0 bridgehead atoms. The third kappa shape index (κ3) is 9.74. The molecule has 0 aliphatic carbocycles. The maximum absolute atomic E-state index is 12.9. The van der Waals surface area contributed by atoms with Gasteiger partial charge in [-0.15, -0.1) is 0 Å². The van der Waals surface area contributed by atoms with E-state index in [0.717, 1.165) is 10.9 Å².